The van der Waals surface area contributed by atoms with Gasteiger partial charge in [0.1, 0.15) is 0 Å². The number of nitrogens with one attached hydrogen (secondary N) is 2. The van der Waals surface area contributed by atoms with Crippen LogP contribution in [0.2, 0.25) is 0 Å². The van der Waals surface area contributed by atoms with Gasteiger partial charge in [-0.25, -0.2) is 8.42 Å². The zero-order valence-corrected chi connectivity index (χ0v) is 16.4. The molecule has 27 heavy (non-hydrogen) atoms. The van der Waals surface area contributed by atoms with Gasteiger partial charge in [-0.3, -0.25) is 4.79 Å². The van der Waals surface area contributed by atoms with Crippen molar-refractivity contribution in [2.75, 3.05) is 51.0 Å². The number of sulfone groups is 1. The first-order chi connectivity index (χ1) is 12.9. The van der Waals surface area contributed by atoms with E-state index in [-0.39, 0.29) is 28.8 Å². The first kappa shape index (κ1) is 18.7. The van der Waals surface area contributed by atoms with Gasteiger partial charge in [0.15, 0.2) is 9.84 Å². The fourth-order valence-electron chi connectivity index (χ4n) is 4.83. The second kappa shape index (κ2) is 7.07. The van der Waals surface area contributed by atoms with Crippen LogP contribution < -0.4 is 10.6 Å². The number of fused-ring (bicyclic) bond motifs is 2. The quantitative estimate of drug-likeness (QED) is 0.784. The van der Waals surface area contributed by atoms with Crippen LogP contribution in [0.25, 0.3) is 0 Å². The summed E-state index contributed by atoms with van der Waals surface area (Å²) in [4.78, 5) is 15.2. The molecule has 3 aliphatic heterocycles. The molecular weight excluding hydrogens is 366 g/mol. The van der Waals surface area contributed by atoms with Crippen molar-refractivity contribution in [2.45, 2.75) is 23.8 Å². The topological polar surface area (TPSA) is 87.7 Å². The molecule has 0 aliphatic carbocycles. The van der Waals surface area contributed by atoms with Crippen molar-refractivity contribution < 1.29 is 17.9 Å². The molecule has 1 amide bonds. The van der Waals surface area contributed by atoms with E-state index < -0.39 is 9.84 Å². The van der Waals surface area contributed by atoms with E-state index in [2.05, 4.69) is 10.6 Å². The number of rotatable bonds is 4. The van der Waals surface area contributed by atoms with E-state index in [1.807, 2.05) is 4.90 Å². The van der Waals surface area contributed by atoms with E-state index in [4.69, 9.17) is 4.74 Å². The molecule has 2 N–H and O–H groups in total. The van der Waals surface area contributed by atoms with Crippen molar-refractivity contribution >= 4 is 21.4 Å². The summed E-state index contributed by atoms with van der Waals surface area (Å²) >= 11 is 0. The Bertz CT molecular complexity index is 803. The molecule has 3 fully saturated rings. The molecule has 148 valence electrons. The summed E-state index contributed by atoms with van der Waals surface area (Å²) in [5, 5.41) is 6.55. The number of nitrogens with zero attached hydrogens (tertiary/aromatic N) is 1. The molecule has 1 aromatic rings. The summed E-state index contributed by atoms with van der Waals surface area (Å²) in [7, 11) is -3.21. The number of hydrogen-bond donors (Lipinski definition) is 2. The zero-order valence-electron chi connectivity index (χ0n) is 15.6. The number of benzene rings is 1. The highest BCUT2D eigenvalue weighted by Crippen LogP contribution is 2.49. The van der Waals surface area contributed by atoms with Crippen LogP contribution in [0, 0.1) is 11.3 Å². The Morgan fingerprint density at radius 1 is 1.26 bits per heavy atom. The van der Waals surface area contributed by atoms with Gasteiger partial charge in [0.2, 0.25) is 5.91 Å². The van der Waals surface area contributed by atoms with Gasteiger partial charge in [-0.05, 0) is 55.6 Å². The molecule has 1 spiro atoms. The lowest BCUT2D eigenvalue weighted by Crippen LogP contribution is -2.43. The number of amides is 1. The highest BCUT2D eigenvalue weighted by molar-refractivity contribution is 7.90. The van der Waals surface area contributed by atoms with Gasteiger partial charge >= 0.3 is 0 Å². The molecule has 0 saturated carbocycles. The van der Waals surface area contributed by atoms with Crippen LogP contribution in [0.3, 0.4) is 0 Å². The summed E-state index contributed by atoms with van der Waals surface area (Å²) < 4.78 is 28.8. The average Bonchev–Trinajstić information content (AvgIpc) is 3.24. The molecule has 0 unspecified atom stereocenters. The smallest absolute Gasteiger partial charge is 0.242 e. The largest absolute Gasteiger partial charge is 0.379 e. The number of ether oxygens (including phenoxy) is 1. The summed E-state index contributed by atoms with van der Waals surface area (Å²) in [5.41, 5.74) is 0.935. The van der Waals surface area contributed by atoms with E-state index >= 15 is 0 Å². The summed E-state index contributed by atoms with van der Waals surface area (Å²) in [5.74, 6) is 0.524. The van der Waals surface area contributed by atoms with Gasteiger partial charge in [-0.1, -0.05) is 0 Å². The van der Waals surface area contributed by atoms with E-state index in [1.54, 1.807) is 24.3 Å². The Hall–Kier alpha value is -1.64. The number of carbonyl (C=O) groups is 1. The van der Waals surface area contributed by atoms with E-state index in [0.717, 1.165) is 44.8 Å². The number of likely N-dealkylation sites (tertiary alicyclic amines) is 1. The van der Waals surface area contributed by atoms with Crippen LogP contribution >= 0.6 is 0 Å². The van der Waals surface area contributed by atoms with Crippen LogP contribution in [-0.4, -0.2) is 70.9 Å². The fourth-order valence-corrected chi connectivity index (χ4v) is 5.47. The van der Waals surface area contributed by atoms with Crippen molar-refractivity contribution in [2.24, 2.45) is 11.3 Å². The number of piperidine rings is 1. The summed E-state index contributed by atoms with van der Waals surface area (Å²) in [6.07, 6.45) is 3.38. The van der Waals surface area contributed by atoms with Crippen molar-refractivity contribution in [3.63, 3.8) is 0 Å². The Labute approximate surface area is 160 Å². The molecule has 3 aliphatic rings. The third-order valence-electron chi connectivity index (χ3n) is 6.37. The van der Waals surface area contributed by atoms with Crippen molar-refractivity contribution in [1.82, 2.24) is 10.2 Å². The zero-order chi connectivity index (χ0) is 19.1. The number of hydrogen-bond acceptors (Lipinski definition) is 6. The fraction of sp³-hybridized carbons (Fsp3) is 0.632. The third kappa shape index (κ3) is 3.58. The molecule has 4 rings (SSSR count). The van der Waals surface area contributed by atoms with Crippen molar-refractivity contribution in [1.29, 1.82) is 0 Å². The lowest BCUT2D eigenvalue weighted by atomic mass is 9.70. The minimum Gasteiger partial charge on any atom is -0.379 e. The molecule has 3 heterocycles. The van der Waals surface area contributed by atoms with Gasteiger partial charge in [-0.2, -0.15) is 0 Å². The molecular formula is C19H27N3O4S. The maximum Gasteiger partial charge on any atom is 0.242 e. The summed E-state index contributed by atoms with van der Waals surface area (Å²) in [6.45, 7) is 4.44. The Morgan fingerprint density at radius 3 is 2.63 bits per heavy atom. The maximum absolute atomic E-state index is 12.9. The highest BCUT2D eigenvalue weighted by Gasteiger charge is 2.55. The van der Waals surface area contributed by atoms with Gasteiger partial charge in [-0.15, -0.1) is 0 Å². The molecule has 0 bridgehead atoms. The highest BCUT2D eigenvalue weighted by atomic mass is 32.2. The lowest BCUT2D eigenvalue weighted by molar-refractivity contribution is -0.131. The number of carbonyl (C=O) groups excluding carboxylic acids is 1. The third-order valence-corrected chi connectivity index (χ3v) is 7.50. The lowest BCUT2D eigenvalue weighted by Gasteiger charge is -2.37. The summed E-state index contributed by atoms with van der Waals surface area (Å²) in [6, 6.07) is 6.70. The average molecular weight is 394 g/mol. The molecule has 2 atom stereocenters. The predicted molar refractivity (Wildman–Crippen MR) is 102 cm³/mol. The van der Waals surface area contributed by atoms with Crippen LogP contribution in [0.5, 0.6) is 0 Å². The molecule has 8 heteroatoms. The maximum atomic E-state index is 12.9. The van der Waals surface area contributed by atoms with Gasteiger partial charge in [0, 0.05) is 24.4 Å². The van der Waals surface area contributed by atoms with Gasteiger partial charge in [0.25, 0.3) is 0 Å². The normalized spacial score (nSPS) is 26.9. The standard InChI is InChI=1S/C19H27N3O4S/c1-27(24,25)15-4-2-14(3-5-15)21-10-18(23)22-13-19(6-8-20-9-7-19)16-11-26-12-17(16)22/h2-5,16-17,20-21H,6-13H2,1H3/t16-,17+/m0/s1. The monoisotopic (exact) mass is 393 g/mol. The van der Waals surface area contributed by atoms with Crippen LogP contribution in [0.4, 0.5) is 5.69 Å². The predicted octanol–water partition coefficient (Wildman–Crippen LogP) is 0.729. The van der Waals surface area contributed by atoms with Crippen LogP contribution in [-0.2, 0) is 19.4 Å². The van der Waals surface area contributed by atoms with Crippen molar-refractivity contribution in [3.05, 3.63) is 24.3 Å². The van der Waals surface area contributed by atoms with E-state index in [9.17, 15) is 13.2 Å². The number of anilines is 1. The Morgan fingerprint density at radius 2 is 1.96 bits per heavy atom. The molecule has 0 radical (unpaired) electrons. The van der Waals surface area contributed by atoms with Crippen LogP contribution in [0.15, 0.2) is 29.2 Å². The van der Waals surface area contributed by atoms with E-state index in [1.165, 1.54) is 6.26 Å². The van der Waals surface area contributed by atoms with Gasteiger partial charge in [0.05, 0.1) is 30.7 Å². The minimum atomic E-state index is -3.21. The Balaban J connectivity index is 1.41. The van der Waals surface area contributed by atoms with Crippen molar-refractivity contribution in [3.8, 4) is 0 Å². The SMILES string of the molecule is CS(=O)(=O)c1ccc(NCC(=O)N2CC3(CCNCC3)[C@H]3COC[C@H]32)cc1. The molecule has 0 aromatic heterocycles. The second-order valence-electron chi connectivity index (χ2n) is 8.00. The first-order valence-corrected chi connectivity index (χ1v) is 11.4. The molecule has 1 aromatic carbocycles. The van der Waals surface area contributed by atoms with E-state index in [0.29, 0.717) is 12.5 Å². The minimum absolute atomic E-state index is 0.0816. The molecule has 3 saturated heterocycles. The van der Waals surface area contributed by atoms with Crippen LogP contribution in [0.1, 0.15) is 12.8 Å². The Kier molecular flexibility index (Phi) is 4.90. The molecule has 7 nitrogen and oxygen atoms in total. The first-order valence-electron chi connectivity index (χ1n) is 9.51. The second-order valence-corrected chi connectivity index (χ2v) is 10.0. The van der Waals surface area contributed by atoms with Gasteiger partial charge < -0.3 is 20.3 Å².